The van der Waals surface area contributed by atoms with Crippen molar-refractivity contribution >= 4 is 11.6 Å². The number of nitrogens with two attached hydrogens (primary N) is 1. The monoisotopic (exact) mass is 550 g/mol. The highest BCUT2D eigenvalue weighted by molar-refractivity contribution is 6.03. The summed E-state index contributed by atoms with van der Waals surface area (Å²) >= 11 is 0. The first-order valence-electron chi connectivity index (χ1n) is 11.9. The van der Waals surface area contributed by atoms with Crippen LogP contribution in [0.25, 0.3) is 11.1 Å². The zero-order chi connectivity index (χ0) is 28.8. The second kappa shape index (κ2) is 10.2. The summed E-state index contributed by atoms with van der Waals surface area (Å²) in [6.45, 7) is 4.37. The van der Waals surface area contributed by atoms with Gasteiger partial charge in [0.25, 0.3) is 12.3 Å². The van der Waals surface area contributed by atoms with Gasteiger partial charge in [0.1, 0.15) is 11.1 Å². The Balaban J connectivity index is 1.71. The van der Waals surface area contributed by atoms with Gasteiger partial charge in [-0.1, -0.05) is 6.07 Å². The van der Waals surface area contributed by atoms with E-state index in [4.69, 9.17) is 15.2 Å². The number of aryl methyl sites for hydroxylation is 1. The largest absolute Gasteiger partial charge is 0.481 e. The molecule has 1 amide bonds. The smallest absolute Gasteiger partial charge is 0.416 e. The summed E-state index contributed by atoms with van der Waals surface area (Å²) in [5.74, 6) is -0.822. The topological polar surface area (TPSA) is 99.4 Å². The third kappa shape index (κ3) is 5.57. The van der Waals surface area contributed by atoms with Crippen molar-refractivity contribution in [1.29, 1.82) is 0 Å². The summed E-state index contributed by atoms with van der Waals surface area (Å²) in [7, 11) is 1.34. The molecule has 1 aliphatic heterocycles. The van der Waals surface area contributed by atoms with Crippen molar-refractivity contribution < 1.29 is 36.2 Å². The maximum absolute atomic E-state index is 14.0. The number of pyridine rings is 2. The maximum Gasteiger partial charge on any atom is 0.416 e. The molecule has 0 unspecified atom stereocenters. The molecule has 1 fully saturated rings. The van der Waals surface area contributed by atoms with Crippen LogP contribution in [0, 0.1) is 6.92 Å². The second-order valence-corrected chi connectivity index (χ2v) is 10.1. The number of anilines is 1. The molecule has 39 heavy (non-hydrogen) atoms. The van der Waals surface area contributed by atoms with E-state index in [0.717, 1.165) is 11.6 Å². The number of methoxy groups -OCH3 is 1. The Bertz CT molecular complexity index is 1370. The van der Waals surface area contributed by atoms with Gasteiger partial charge in [-0.15, -0.1) is 0 Å². The molecular formula is C27H27F5N4O3. The summed E-state index contributed by atoms with van der Waals surface area (Å²) in [5, 5.41) is 2.57. The second-order valence-electron chi connectivity index (χ2n) is 10.1. The number of ether oxygens (including phenoxy) is 2. The Morgan fingerprint density at radius 3 is 2.38 bits per heavy atom. The van der Waals surface area contributed by atoms with Crippen LogP contribution in [0.2, 0.25) is 0 Å². The quantitative estimate of drug-likeness (QED) is 0.379. The van der Waals surface area contributed by atoms with Crippen LogP contribution in [0.5, 0.6) is 5.88 Å². The van der Waals surface area contributed by atoms with Crippen LogP contribution in [0.3, 0.4) is 0 Å². The number of nitrogens with one attached hydrogen (secondary N) is 1. The van der Waals surface area contributed by atoms with Gasteiger partial charge >= 0.3 is 6.18 Å². The van der Waals surface area contributed by atoms with Crippen molar-refractivity contribution in [3.8, 4) is 17.0 Å². The molecule has 12 heteroatoms. The van der Waals surface area contributed by atoms with E-state index in [9.17, 15) is 26.7 Å². The normalized spacial score (nSPS) is 15.2. The van der Waals surface area contributed by atoms with Crippen LogP contribution in [0.15, 0.2) is 42.6 Å². The van der Waals surface area contributed by atoms with E-state index in [-0.39, 0.29) is 36.0 Å². The molecule has 4 rings (SSSR count). The zero-order valence-electron chi connectivity index (χ0n) is 21.6. The third-order valence-electron chi connectivity index (χ3n) is 6.57. The van der Waals surface area contributed by atoms with Gasteiger partial charge in [0, 0.05) is 23.0 Å². The lowest BCUT2D eigenvalue weighted by molar-refractivity contribution is -0.137. The Labute approximate surface area is 221 Å². The zero-order valence-corrected chi connectivity index (χ0v) is 21.6. The lowest BCUT2D eigenvalue weighted by Crippen LogP contribution is -2.52. The fourth-order valence-corrected chi connectivity index (χ4v) is 4.19. The number of aromatic nitrogens is 2. The van der Waals surface area contributed by atoms with Gasteiger partial charge in [-0.2, -0.15) is 13.2 Å². The van der Waals surface area contributed by atoms with Gasteiger partial charge in [0.15, 0.2) is 0 Å². The summed E-state index contributed by atoms with van der Waals surface area (Å²) in [6.07, 6.45) is -5.97. The Morgan fingerprint density at radius 1 is 1.15 bits per heavy atom. The van der Waals surface area contributed by atoms with Gasteiger partial charge < -0.3 is 20.5 Å². The molecule has 0 bridgehead atoms. The van der Waals surface area contributed by atoms with E-state index in [1.807, 2.05) is 0 Å². The number of hydrogen-bond acceptors (Lipinski definition) is 6. The minimum atomic E-state index is -4.71. The van der Waals surface area contributed by atoms with Gasteiger partial charge in [-0.25, -0.2) is 18.7 Å². The van der Waals surface area contributed by atoms with Gasteiger partial charge in [0.2, 0.25) is 5.88 Å². The van der Waals surface area contributed by atoms with E-state index in [1.165, 1.54) is 27.2 Å². The highest BCUT2D eigenvalue weighted by Gasteiger charge is 2.51. The Kier molecular flexibility index (Phi) is 7.39. The molecule has 208 valence electrons. The molecule has 3 N–H and O–H groups in total. The van der Waals surface area contributed by atoms with Crippen LogP contribution in [0.4, 0.5) is 27.6 Å². The molecule has 1 aromatic carbocycles. The number of halogens is 5. The van der Waals surface area contributed by atoms with E-state index in [1.54, 1.807) is 31.2 Å². The fraction of sp³-hybridized carbons (Fsp3) is 0.370. The Hall–Kier alpha value is -3.64. The lowest BCUT2D eigenvalue weighted by Gasteiger charge is -2.41. The first-order valence-corrected chi connectivity index (χ1v) is 11.9. The number of carbonyl (C=O) groups is 1. The molecule has 3 heterocycles. The molecular weight excluding hydrogens is 523 g/mol. The summed E-state index contributed by atoms with van der Waals surface area (Å²) < 4.78 is 78.9. The molecule has 0 spiro atoms. The van der Waals surface area contributed by atoms with Gasteiger partial charge in [-0.05, 0) is 62.2 Å². The van der Waals surface area contributed by atoms with E-state index >= 15 is 0 Å². The predicted octanol–water partition coefficient (Wildman–Crippen LogP) is 5.46. The number of rotatable bonds is 7. The van der Waals surface area contributed by atoms with Crippen molar-refractivity contribution in [2.24, 2.45) is 5.73 Å². The molecule has 2 aromatic heterocycles. The van der Waals surface area contributed by atoms with Crippen LogP contribution >= 0.6 is 0 Å². The third-order valence-corrected chi connectivity index (χ3v) is 6.57. The van der Waals surface area contributed by atoms with Crippen molar-refractivity contribution in [3.63, 3.8) is 0 Å². The molecule has 0 aliphatic carbocycles. The van der Waals surface area contributed by atoms with E-state index in [0.29, 0.717) is 17.2 Å². The van der Waals surface area contributed by atoms with Crippen molar-refractivity contribution in [3.05, 3.63) is 70.7 Å². The first-order chi connectivity index (χ1) is 18.2. The van der Waals surface area contributed by atoms with Gasteiger partial charge in [0.05, 0.1) is 37.1 Å². The van der Waals surface area contributed by atoms with E-state index in [2.05, 4.69) is 15.3 Å². The molecule has 0 atom stereocenters. The highest BCUT2D eigenvalue weighted by atomic mass is 19.4. The predicted molar refractivity (Wildman–Crippen MR) is 134 cm³/mol. The van der Waals surface area contributed by atoms with Crippen LogP contribution in [0.1, 0.15) is 46.7 Å². The standard InChI is InChI=1S/C27H27F5N4O3/c1-14-5-6-17(35-22(37)20-8-16(27(30,31)32)9-21(36-20)25(2,3)33)10-18(14)15-7-19(23(38-4)34-11-15)26(24(28)29)12-39-13-26/h5-11,24H,12-13,33H2,1-4H3,(H,35,37). The van der Waals surface area contributed by atoms with Crippen LogP contribution in [-0.4, -0.2) is 42.6 Å². The molecule has 1 aliphatic rings. The van der Waals surface area contributed by atoms with E-state index < -0.39 is 40.7 Å². The number of nitrogens with zero attached hydrogens (tertiary/aromatic N) is 2. The molecule has 3 aromatic rings. The van der Waals surface area contributed by atoms with Crippen molar-refractivity contribution in [2.45, 2.75) is 44.3 Å². The fourth-order valence-electron chi connectivity index (χ4n) is 4.19. The summed E-state index contributed by atoms with van der Waals surface area (Å²) in [4.78, 5) is 21.3. The van der Waals surface area contributed by atoms with Crippen LogP contribution in [-0.2, 0) is 21.9 Å². The average Bonchev–Trinajstić information content (AvgIpc) is 2.83. The summed E-state index contributed by atoms with van der Waals surface area (Å²) in [6, 6.07) is 7.85. The molecule has 1 saturated heterocycles. The molecule has 0 saturated carbocycles. The molecule has 0 radical (unpaired) electrons. The van der Waals surface area contributed by atoms with Crippen molar-refractivity contribution in [1.82, 2.24) is 9.97 Å². The lowest BCUT2D eigenvalue weighted by atomic mass is 9.78. The van der Waals surface area contributed by atoms with Gasteiger partial charge in [-0.3, -0.25) is 4.79 Å². The highest BCUT2D eigenvalue weighted by Crippen LogP contribution is 2.43. The minimum Gasteiger partial charge on any atom is -0.481 e. The average molecular weight is 551 g/mol. The number of hydrogen-bond donors (Lipinski definition) is 2. The summed E-state index contributed by atoms with van der Waals surface area (Å²) in [5.41, 5.74) is 3.80. The molecule has 7 nitrogen and oxygen atoms in total. The SMILES string of the molecule is COc1ncc(-c2cc(NC(=O)c3cc(C(F)(F)F)cc(C(C)(C)N)n3)ccc2C)cc1C1(C(F)F)COC1. The minimum absolute atomic E-state index is 0.0544. The number of carbonyl (C=O) groups excluding carboxylic acids is 1. The maximum atomic E-state index is 14.0. The first kappa shape index (κ1) is 28.4. The number of benzene rings is 1. The van der Waals surface area contributed by atoms with Crippen LogP contribution < -0.4 is 15.8 Å². The number of alkyl halides is 5. The van der Waals surface area contributed by atoms with Crippen molar-refractivity contribution in [2.75, 3.05) is 25.6 Å². The Morgan fingerprint density at radius 2 is 1.85 bits per heavy atom. The number of amides is 1.